The van der Waals surface area contributed by atoms with Crippen molar-refractivity contribution in [3.63, 3.8) is 0 Å². The summed E-state index contributed by atoms with van der Waals surface area (Å²) in [5.41, 5.74) is 0.704. The second kappa shape index (κ2) is 5.31. The van der Waals surface area contributed by atoms with Gasteiger partial charge in [-0.1, -0.05) is 18.2 Å². The predicted octanol–water partition coefficient (Wildman–Crippen LogP) is 2.10. The first kappa shape index (κ1) is 12.6. The van der Waals surface area contributed by atoms with Crippen molar-refractivity contribution in [3.8, 4) is 0 Å². The van der Waals surface area contributed by atoms with Crippen LogP contribution < -0.4 is 5.32 Å². The third-order valence-electron chi connectivity index (χ3n) is 3.85. The summed E-state index contributed by atoms with van der Waals surface area (Å²) >= 11 is 0. The van der Waals surface area contributed by atoms with Gasteiger partial charge in [0.1, 0.15) is 0 Å². The SMILES string of the molecule is O=C(NC1CCCC2(C1)OCCO2)c1ccccc1. The van der Waals surface area contributed by atoms with Crippen LogP contribution in [0.5, 0.6) is 0 Å². The van der Waals surface area contributed by atoms with Crippen LogP contribution in [0.2, 0.25) is 0 Å². The molecule has 4 nitrogen and oxygen atoms in total. The highest BCUT2D eigenvalue weighted by Crippen LogP contribution is 2.35. The van der Waals surface area contributed by atoms with Crippen molar-refractivity contribution in [1.82, 2.24) is 5.32 Å². The summed E-state index contributed by atoms with van der Waals surface area (Å²) in [7, 11) is 0. The van der Waals surface area contributed by atoms with Crippen LogP contribution >= 0.6 is 0 Å². The van der Waals surface area contributed by atoms with Gasteiger partial charge in [-0.15, -0.1) is 0 Å². The molecule has 1 atom stereocenters. The van der Waals surface area contributed by atoms with E-state index in [2.05, 4.69) is 5.32 Å². The normalized spacial score (nSPS) is 25.4. The third kappa shape index (κ3) is 2.80. The average molecular weight is 261 g/mol. The molecule has 1 saturated heterocycles. The largest absolute Gasteiger partial charge is 0.349 e. The van der Waals surface area contributed by atoms with E-state index in [4.69, 9.17) is 9.47 Å². The third-order valence-corrected chi connectivity index (χ3v) is 3.85. The predicted molar refractivity (Wildman–Crippen MR) is 70.8 cm³/mol. The average Bonchev–Trinajstić information content (AvgIpc) is 2.88. The van der Waals surface area contributed by atoms with Crippen molar-refractivity contribution in [1.29, 1.82) is 0 Å². The van der Waals surface area contributed by atoms with Crippen LogP contribution in [0.1, 0.15) is 36.0 Å². The van der Waals surface area contributed by atoms with Crippen LogP contribution in [0.4, 0.5) is 0 Å². The molecule has 1 aromatic carbocycles. The maximum Gasteiger partial charge on any atom is 0.251 e. The molecule has 1 aliphatic heterocycles. The number of ether oxygens (including phenoxy) is 2. The Labute approximate surface area is 113 Å². The van der Waals surface area contributed by atoms with Crippen LogP contribution in [0.3, 0.4) is 0 Å². The van der Waals surface area contributed by atoms with E-state index in [0.29, 0.717) is 18.8 Å². The molecule has 0 radical (unpaired) electrons. The molecular formula is C15H19NO3. The van der Waals surface area contributed by atoms with Gasteiger partial charge in [0.25, 0.3) is 5.91 Å². The van der Waals surface area contributed by atoms with E-state index in [0.717, 1.165) is 25.7 Å². The molecule has 102 valence electrons. The summed E-state index contributed by atoms with van der Waals surface area (Å²) in [6.45, 7) is 1.33. The molecule has 3 rings (SSSR count). The number of hydrogen-bond acceptors (Lipinski definition) is 3. The van der Waals surface area contributed by atoms with E-state index in [9.17, 15) is 4.79 Å². The standard InChI is InChI=1S/C15H19NO3/c17-14(12-5-2-1-3-6-12)16-13-7-4-8-15(11-13)18-9-10-19-15/h1-3,5-6,13H,4,7-11H2,(H,16,17). The molecule has 1 heterocycles. The first-order valence-electron chi connectivity index (χ1n) is 6.91. The zero-order valence-corrected chi connectivity index (χ0v) is 10.9. The van der Waals surface area contributed by atoms with Gasteiger partial charge < -0.3 is 14.8 Å². The van der Waals surface area contributed by atoms with E-state index < -0.39 is 5.79 Å². The lowest BCUT2D eigenvalue weighted by molar-refractivity contribution is -0.181. The number of amides is 1. The number of carbonyl (C=O) groups excluding carboxylic acids is 1. The van der Waals surface area contributed by atoms with E-state index in [1.54, 1.807) is 0 Å². The van der Waals surface area contributed by atoms with Gasteiger partial charge in [-0.25, -0.2) is 0 Å². The fourth-order valence-corrected chi connectivity index (χ4v) is 2.94. The zero-order chi connectivity index (χ0) is 13.1. The maximum atomic E-state index is 12.1. The maximum absolute atomic E-state index is 12.1. The monoisotopic (exact) mass is 261 g/mol. The number of benzene rings is 1. The minimum absolute atomic E-state index is 0.0133. The lowest BCUT2D eigenvalue weighted by Crippen LogP contribution is -2.46. The first-order chi connectivity index (χ1) is 9.27. The molecule has 0 bridgehead atoms. The highest BCUT2D eigenvalue weighted by molar-refractivity contribution is 5.94. The summed E-state index contributed by atoms with van der Waals surface area (Å²) in [5.74, 6) is -0.451. The highest BCUT2D eigenvalue weighted by atomic mass is 16.7. The Hall–Kier alpha value is -1.39. The van der Waals surface area contributed by atoms with Gasteiger partial charge in [-0.2, -0.15) is 0 Å². The Morgan fingerprint density at radius 2 is 1.95 bits per heavy atom. The Morgan fingerprint density at radius 1 is 1.21 bits per heavy atom. The first-order valence-corrected chi connectivity index (χ1v) is 6.91. The van der Waals surface area contributed by atoms with Crippen molar-refractivity contribution in [2.45, 2.75) is 37.5 Å². The highest BCUT2D eigenvalue weighted by Gasteiger charge is 2.41. The molecule has 0 aromatic heterocycles. The quantitative estimate of drug-likeness (QED) is 0.887. The lowest BCUT2D eigenvalue weighted by atomic mass is 9.89. The fourth-order valence-electron chi connectivity index (χ4n) is 2.94. The molecule has 2 fully saturated rings. The van der Waals surface area contributed by atoms with Gasteiger partial charge in [0, 0.05) is 24.4 Å². The van der Waals surface area contributed by atoms with Crippen molar-refractivity contribution in [2.75, 3.05) is 13.2 Å². The summed E-state index contributed by atoms with van der Waals surface area (Å²) in [6, 6.07) is 9.46. The molecule has 2 aliphatic rings. The number of nitrogens with one attached hydrogen (secondary N) is 1. The summed E-state index contributed by atoms with van der Waals surface area (Å²) in [4.78, 5) is 12.1. The second-order valence-corrected chi connectivity index (χ2v) is 5.24. The Bertz CT molecular complexity index is 440. The minimum atomic E-state index is -0.438. The molecule has 1 N–H and O–H groups in total. The molecule has 1 saturated carbocycles. The van der Waals surface area contributed by atoms with E-state index in [-0.39, 0.29) is 11.9 Å². The van der Waals surface area contributed by atoms with E-state index in [1.165, 1.54) is 0 Å². The molecule has 1 unspecified atom stereocenters. The second-order valence-electron chi connectivity index (χ2n) is 5.24. The van der Waals surface area contributed by atoms with Gasteiger partial charge in [-0.05, 0) is 25.0 Å². The minimum Gasteiger partial charge on any atom is -0.349 e. The van der Waals surface area contributed by atoms with E-state index >= 15 is 0 Å². The van der Waals surface area contributed by atoms with Gasteiger partial charge in [0.05, 0.1) is 13.2 Å². The number of hydrogen-bond donors (Lipinski definition) is 1. The summed E-state index contributed by atoms with van der Waals surface area (Å²) < 4.78 is 11.5. The zero-order valence-electron chi connectivity index (χ0n) is 10.9. The van der Waals surface area contributed by atoms with Crippen molar-refractivity contribution in [2.24, 2.45) is 0 Å². The molecule has 19 heavy (non-hydrogen) atoms. The van der Waals surface area contributed by atoms with Crippen molar-refractivity contribution >= 4 is 5.91 Å². The van der Waals surface area contributed by atoms with Crippen molar-refractivity contribution in [3.05, 3.63) is 35.9 Å². The molecule has 1 amide bonds. The fraction of sp³-hybridized carbons (Fsp3) is 0.533. The van der Waals surface area contributed by atoms with Gasteiger partial charge in [0.2, 0.25) is 0 Å². The van der Waals surface area contributed by atoms with Crippen LogP contribution in [0, 0.1) is 0 Å². The lowest BCUT2D eigenvalue weighted by Gasteiger charge is -2.36. The number of rotatable bonds is 2. The Kier molecular flexibility index (Phi) is 3.53. The Balaban J connectivity index is 1.62. The Morgan fingerprint density at radius 3 is 2.68 bits per heavy atom. The van der Waals surface area contributed by atoms with Crippen LogP contribution in [0.25, 0.3) is 0 Å². The topological polar surface area (TPSA) is 47.6 Å². The van der Waals surface area contributed by atoms with Crippen LogP contribution in [-0.2, 0) is 9.47 Å². The molecule has 1 spiro atoms. The molecule has 4 heteroatoms. The van der Waals surface area contributed by atoms with Crippen LogP contribution in [-0.4, -0.2) is 30.9 Å². The summed E-state index contributed by atoms with van der Waals surface area (Å²) in [6.07, 6.45) is 3.71. The molecule has 1 aliphatic carbocycles. The molecule has 1 aromatic rings. The van der Waals surface area contributed by atoms with Gasteiger partial charge in [-0.3, -0.25) is 4.79 Å². The van der Waals surface area contributed by atoms with Crippen molar-refractivity contribution < 1.29 is 14.3 Å². The smallest absolute Gasteiger partial charge is 0.251 e. The van der Waals surface area contributed by atoms with E-state index in [1.807, 2.05) is 30.3 Å². The molecular weight excluding hydrogens is 242 g/mol. The van der Waals surface area contributed by atoms with Crippen LogP contribution in [0.15, 0.2) is 30.3 Å². The van der Waals surface area contributed by atoms with Gasteiger partial charge >= 0.3 is 0 Å². The van der Waals surface area contributed by atoms with Gasteiger partial charge in [0.15, 0.2) is 5.79 Å². The summed E-state index contributed by atoms with van der Waals surface area (Å²) in [5, 5.41) is 3.09. The number of carbonyl (C=O) groups is 1.